The summed E-state index contributed by atoms with van der Waals surface area (Å²) < 4.78 is 0. The first-order chi connectivity index (χ1) is 11.2. The lowest BCUT2D eigenvalue weighted by molar-refractivity contribution is 0.0951. The van der Waals surface area contributed by atoms with Crippen molar-refractivity contribution in [1.29, 1.82) is 0 Å². The summed E-state index contributed by atoms with van der Waals surface area (Å²) in [5.74, 6) is 0.694. The molecule has 0 spiro atoms. The van der Waals surface area contributed by atoms with Gasteiger partial charge < -0.3 is 20.9 Å². The molecule has 0 aliphatic rings. The van der Waals surface area contributed by atoms with Crippen molar-refractivity contribution in [2.75, 3.05) is 34.2 Å². The number of aliphatic imine (C=N–C) groups is 1. The summed E-state index contributed by atoms with van der Waals surface area (Å²) in [6.45, 7) is 8.31. The van der Waals surface area contributed by atoms with Gasteiger partial charge in [-0.15, -0.1) is 0 Å². The van der Waals surface area contributed by atoms with Gasteiger partial charge in [-0.25, -0.2) is 0 Å². The van der Waals surface area contributed by atoms with Crippen LogP contribution in [0, 0.1) is 0 Å². The summed E-state index contributed by atoms with van der Waals surface area (Å²) >= 11 is 0. The van der Waals surface area contributed by atoms with Gasteiger partial charge in [0, 0.05) is 37.8 Å². The predicted molar refractivity (Wildman–Crippen MR) is 100 cm³/mol. The van der Waals surface area contributed by atoms with Crippen molar-refractivity contribution in [2.45, 2.75) is 32.9 Å². The number of carbonyl (C=O) groups excluding carboxylic acids is 1. The molecule has 134 valence electrons. The van der Waals surface area contributed by atoms with Gasteiger partial charge in [0.15, 0.2) is 5.96 Å². The lowest BCUT2D eigenvalue weighted by Crippen LogP contribution is -2.47. The third-order valence-corrected chi connectivity index (χ3v) is 3.21. The van der Waals surface area contributed by atoms with E-state index in [1.165, 1.54) is 0 Å². The number of guanidine groups is 1. The quantitative estimate of drug-likeness (QED) is 0.544. The fourth-order valence-corrected chi connectivity index (χ4v) is 2.04. The Morgan fingerprint density at radius 2 is 1.92 bits per heavy atom. The minimum absolute atomic E-state index is 0.0455. The summed E-state index contributed by atoms with van der Waals surface area (Å²) in [5, 5.41) is 9.50. The third kappa shape index (κ3) is 7.97. The van der Waals surface area contributed by atoms with Gasteiger partial charge in [-0.2, -0.15) is 0 Å². The lowest BCUT2D eigenvalue weighted by Gasteiger charge is -2.23. The summed E-state index contributed by atoms with van der Waals surface area (Å²) in [7, 11) is 5.71. The zero-order valence-electron chi connectivity index (χ0n) is 15.7. The minimum atomic E-state index is -0.0595. The number of carbonyl (C=O) groups is 1. The molecule has 0 saturated heterocycles. The Morgan fingerprint density at radius 3 is 2.50 bits per heavy atom. The molecule has 3 N–H and O–H groups in total. The second-order valence-electron chi connectivity index (χ2n) is 7.06. The van der Waals surface area contributed by atoms with Crippen molar-refractivity contribution >= 4 is 11.9 Å². The molecule has 1 rings (SSSR count). The number of hydrogen-bond acceptors (Lipinski definition) is 3. The maximum Gasteiger partial charge on any atom is 0.251 e. The van der Waals surface area contributed by atoms with E-state index in [0.717, 1.165) is 18.1 Å². The average Bonchev–Trinajstić information content (AvgIpc) is 2.50. The molecule has 24 heavy (non-hydrogen) atoms. The fraction of sp³-hybridized carbons (Fsp3) is 0.556. The molecule has 0 aliphatic heterocycles. The minimum Gasteiger partial charge on any atom is -0.352 e. The van der Waals surface area contributed by atoms with Crippen LogP contribution in [0.3, 0.4) is 0 Å². The van der Waals surface area contributed by atoms with Crippen molar-refractivity contribution in [3.8, 4) is 0 Å². The normalized spacial score (nSPS) is 12.2. The fourth-order valence-electron chi connectivity index (χ4n) is 2.04. The number of nitrogens with zero attached hydrogens (tertiary/aromatic N) is 2. The van der Waals surface area contributed by atoms with Gasteiger partial charge in [0.25, 0.3) is 5.91 Å². The van der Waals surface area contributed by atoms with Gasteiger partial charge >= 0.3 is 0 Å². The molecule has 1 aromatic carbocycles. The highest BCUT2D eigenvalue weighted by molar-refractivity contribution is 5.94. The van der Waals surface area contributed by atoms with E-state index in [4.69, 9.17) is 0 Å². The molecular formula is C18H31N5O. The Hall–Kier alpha value is -2.08. The molecule has 0 atom stereocenters. The van der Waals surface area contributed by atoms with Crippen LogP contribution in [0.1, 0.15) is 36.7 Å². The number of nitrogens with one attached hydrogen (secondary N) is 3. The molecule has 0 aromatic heterocycles. The van der Waals surface area contributed by atoms with Crippen LogP contribution in [0.5, 0.6) is 0 Å². The molecule has 0 bridgehead atoms. The largest absolute Gasteiger partial charge is 0.352 e. The van der Waals surface area contributed by atoms with Crippen molar-refractivity contribution in [3.63, 3.8) is 0 Å². The molecule has 0 saturated carbocycles. The van der Waals surface area contributed by atoms with Gasteiger partial charge in [-0.3, -0.25) is 9.79 Å². The van der Waals surface area contributed by atoms with Crippen LogP contribution in [-0.4, -0.2) is 56.5 Å². The standard InChI is InChI=1S/C18H31N5O/c1-18(2,3)22-17(19-4)21-13-14-8-7-9-15(12-14)16(24)20-10-11-23(5)6/h7-9,12H,10-11,13H2,1-6H3,(H,20,24)(H2,19,21,22). The molecule has 1 aromatic rings. The van der Waals surface area contributed by atoms with E-state index in [1.54, 1.807) is 7.05 Å². The van der Waals surface area contributed by atoms with Crippen molar-refractivity contribution in [3.05, 3.63) is 35.4 Å². The van der Waals surface area contributed by atoms with Crippen LogP contribution in [0.4, 0.5) is 0 Å². The zero-order chi connectivity index (χ0) is 18.2. The van der Waals surface area contributed by atoms with E-state index in [-0.39, 0.29) is 11.4 Å². The lowest BCUT2D eigenvalue weighted by atomic mass is 10.1. The average molecular weight is 333 g/mol. The predicted octanol–water partition coefficient (Wildman–Crippen LogP) is 1.44. The Balaban J connectivity index is 2.60. The Bertz CT molecular complexity index is 561. The number of rotatable bonds is 6. The molecule has 0 radical (unpaired) electrons. The molecule has 1 amide bonds. The number of amides is 1. The maximum atomic E-state index is 12.2. The SMILES string of the molecule is CN=C(NCc1cccc(C(=O)NCCN(C)C)c1)NC(C)(C)C. The van der Waals surface area contributed by atoms with Crippen molar-refractivity contribution in [2.24, 2.45) is 4.99 Å². The summed E-state index contributed by atoms with van der Waals surface area (Å²) in [5.41, 5.74) is 1.65. The topological polar surface area (TPSA) is 68.8 Å². The van der Waals surface area contributed by atoms with E-state index in [1.807, 2.05) is 43.3 Å². The maximum absolute atomic E-state index is 12.2. The van der Waals surface area contributed by atoms with Gasteiger partial charge in [-0.1, -0.05) is 12.1 Å². The smallest absolute Gasteiger partial charge is 0.251 e. The number of benzene rings is 1. The summed E-state index contributed by atoms with van der Waals surface area (Å²) in [4.78, 5) is 18.4. The molecule has 6 nitrogen and oxygen atoms in total. The highest BCUT2D eigenvalue weighted by atomic mass is 16.1. The molecule has 0 fully saturated rings. The Morgan fingerprint density at radius 1 is 1.21 bits per heavy atom. The van der Waals surface area contributed by atoms with Crippen LogP contribution < -0.4 is 16.0 Å². The van der Waals surface area contributed by atoms with E-state index in [0.29, 0.717) is 18.7 Å². The molecule has 0 aliphatic carbocycles. The zero-order valence-corrected chi connectivity index (χ0v) is 15.7. The van der Waals surface area contributed by atoms with Gasteiger partial charge in [0.1, 0.15) is 0 Å². The van der Waals surface area contributed by atoms with Gasteiger partial charge in [0.2, 0.25) is 0 Å². The molecule has 0 heterocycles. The van der Waals surface area contributed by atoms with Crippen LogP contribution in [-0.2, 0) is 6.54 Å². The van der Waals surface area contributed by atoms with Crippen LogP contribution >= 0.6 is 0 Å². The first-order valence-corrected chi connectivity index (χ1v) is 8.22. The first kappa shape index (κ1) is 20.0. The number of hydrogen-bond donors (Lipinski definition) is 3. The van der Waals surface area contributed by atoms with Crippen LogP contribution in [0.15, 0.2) is 29.3 Å². The van der Waals surface area contributed by atoms with E-state index in [9.17, 15) is 4.79 Å². The molecule has 6 heteroatoms. The number of likely N-dealkylation sites (N-methyl/N-ethyl adjacent to an activating group) is 1. The summed E-state index contributed by atoms with van der Waals surface area (Å²) in [6.07, 6.45) is 0. The van der Waals surface area contributed by atoms with E-state index in [2.05, 4.69) is 41.7 Å². The van der Waals surface area contributed by atoms with Gasteiger partial charge in [-0.05, 0) is 52.6 Å². The summed E-state index contributed by atoms with van der Waals surface area (Å²) in [6, 6.07) is 7.63. The monoisotopic (exact) mass is 333 g/mol. The van der Waals surface area contributed by atoms with Crippen LogP contribution in [0.25, 0.3) is 0 Å². The Labute approximate surface area is 145 Å². The van der Waals surface area contributed by atoms with E-state index < -0.39 is 0 Å². The molecular weight excluding hydrogens is 302 g/mol. The third-order valence-electron chi connectivity index (χ3n) is 3.21. The first-order valence-electron chi connectivity index (χ1n) is 8.22. The van der Waals surface area contributed by atoms with Crippen molar-refractivity contribution in [1.82, 2.24) is 20.9 Å². The van der Waals surface area contributed by atoms with E-state index >= 15 is 0 Å². The second-order valence-corrected chi connectivity index (χ2v) is 7.06. The van der Waals surface area contributed by atoms with Crippen molar-refractivity contribution < 1.29 is 4.79 Å². The van der Waals surface area contributed by atoms with Gasteiger partial charge in [0.05, 0.1) is 0 Å². The second kappa shape index (κ2) is 9.27. The van der Waals surface area contributed by atoms with Crippen LogP contribution in [0.2, 0.25) is 0 Å². The Kier molecular flexibility index (Phi) is 7.71. The highest BCUT2D eigenvalue weighted by Crippen LogP contribution is 2.05. The highest BCUT2D eigenvalue weighted by Gasteiger charge is 2.12. The molecule has 0 unspecified atom stereocenters.